The van der Waals surface area contributed by atoms with Crippen molar-refractivity contribution in [2.75, 3.05) is 5.32 Å². The number of nitrogens with one attached hydrogen (secondary N) is 2. The summed E-state index contributed by atoms with van der Waals surface area (Å²) in [4.78, 5) is 10.7. The number of carbonyl (C=O) groups excluding carboxylic acids is 1. The summed E-state index contributed by atoms with van der Waals surface area (Å²) >= 11 is 1.97. The lowest BCUT2D eigenvalue weighted by Crippen LogP contribution is -2.04. The van der Waals surface area contributed by atoms with Gasteiger partial charge in [-0.25, -0.2) is 4.39 Å². The van der Waals surface area contributed by atoms with Crippen molar-refractivity contribution in [2.24, 2.45) is 0 Å². The van der Waals surface area contributed by atoms with Gasteiger partial charge in [0.2, 0.25) is 0 Å². The summed E-state index contributed by atoms with van der Waals surface area (Å²) in [6.07, 6.45) is 2.03. The second-order valence-electron chi connectivity index (χ2n) is 3.15. The molecule has 5 heteroatoms. The van der Waals surface area contributed by atoms with Gasteiger partial charge < -0.3 is 10.7 Å². The fourth-order valence-corrected chi connectivity index (χ4v) is 1.69. The van der Waals surface area contributed by atoms with Crippen molar-refractivity contribution in [2.45, 2.75) is 6.92 Å². The van der Waals surface area contributed by atoms with Crippen LogP contribution in [0.15, 0.2) is 30.0 Å². The summed E-state index contributed by atoms with van der Waals surface area (Å²) in [5.41, 5.74) is 1.19. The summed E-state index contributed by atoms with van der Waals surface area (Å²) < 4.78 is 13.5. The third kappa shape index (κ3) is 3.73. The number of benzene rings is 1. The van der Waals surface area contributed by atoms with Gasteiger partial charge in [-0.2, -0.15) is 0 Å². The van der Waals surface area contributed by atoms with Crippen LogP contribution in [0.5, 0.6) is 0 Å². The highest BCUT2D eigenvalue weighted by atomic mass is 127. The average Bonchev–Trinajstić information content (AvgIpc) is 2.20. The molecule has 0 aliphatic heterocycles. The van der Waals surface area contributed by atoms with Crippen LogP contribution in [-0.4, -0.2) is 12.0 Å². The van der Waals surface area contributed by atoms with Crippen molar-refractivity contribution >= 4 is 40.3 Å². The number of hydrogen-bond donors (Lipinski definition) is 2. The number of carbonyl (C=O) groups is 1. The number of hydrogen-bond acceptors (Lipinski definition) is 3. The largest absolute Gasteiger partial charge is 0.352 e. The van der Waals surface area contributed by atoms with Gasteiger partial charge in [-0.05, 0) is 53.8 Å². The van der Waals surface area contributed by atoms with Gasteiger partial charge in [0, 0.05) is 9.28 Å². The topological polar surface area (TPSA) is 53.0 Å². The Morgan fingerprint density at radius 1 is 1.56 bits per heavy atom. The van der Waals surface area contributed by atoms with Crippen LogP contribution < -0.4 is 5.32 Å². The molecule has 0 aliphatic carbocycles. The smallest absolute Gasteiger partial charge is 0.166 e. The first-order valence-electron chi connectivity index (χ1n) is 4.47. The first-order valence-corrected chi connectivity index (χ1v) is 5.55. The molecule has 1 aromatic rings. The highest BCUT2D eigenvalue weighted by Crippen LogP contribution is 2.20. The lowest BCUT2D eigenvalue weighted by molar-refractivity contribution is -0.104. The second-order valence-corrected chi connectivity index (χ2v) is 4.31. The third-order valence-electron chi connectivity index (χ3n) is 1.71. The van der Waals surface area contributed by atoms with Gasteiger partial charge in [0.25, 0.3) is 0 Å². The first-order chi connectivity index (χ1) is 7.52. The summed E-state index contributed by atoms with van der Waals surface area (Å²) in [6, 6.07) is 4.22. The van der Waals surface area contributed by atoms with Crippen LogP contribution in [0.2, 0.25) is 0 Å². The van der Waals surface area contributed by atoms with E-state index >= 15 is 0 Å². The van der Waals surface area contributed by atoms with Crippen LogP contribution in [0.25, 0.3) is 0 Å². The third-order valence-corrected chi connectivity index (χ3v) is 2.60. The molecule has 1 aromatic carbocycles. The predicted octanol–water partition coefficient (Wildman–Crippen LogP) is 2.96. The molecule has 3 nitrogen and oxygen atoms in total. The van der Waals surface area contributed by atoms with E-state index in [4.69, 9.17) is 5.41 Å². The maximum Gasteiger partial charge on any atom is 0.166 e. The molecule has 16 heavy (non-hydrogen) atoms. The maximum absolute atomic E-state index is 12.8. The summed E-state index contributed by atoms with van der Waals surface area (Å²) in [7, 11) is 0. The molecule has 0 amide bonds. The molecule has 2 N–H and O–H groups in total. The van der Waals surface area contributed by atoms with Crippen molar-refractivity contribution in [3.05, 3.63) is 39.4 Å². The Morgan fingerprint density at radius 2 is 2.25 bits per heavy atom. The van der Waals surface area contributed by atoms with Crippen molar-refractivity contribution in [1.82, 2.24) is 0 Å². The molecule has 0 saturated heterocycles. The number of halogens is 2. The van der Waals surface area contributed by atoms with Crippen LogP contribution in [0, 0.1) is 14.8 Å². The molecule has 0 aliphatic rings. The van der Waals surface area contributed by atoms with Crippen molar-refractivity contribution in [1.29, 1.82) is 5.41 Å². The monoisotopic (exact) mass is 332 g/mol. The number of rotatable bonds is 4. The minimum atomic E-state index is -0.324. The SMILES string of the molecule is CC(=N)/C=C(/C=O)Nc1ccc(F)cc1I. The molecular weight excluding hydrogens is 322 g/mol. The number of anilines is 1. The van der Waals surface area contributed by atoms with E-state index in [-0.39, 0.29) is 17.2 Å². The van der Waals surface area contributed by atoms with Crippen LogP contribution in [0.1, 0.15) is 6.92 Å². The number of aldehydes is 1. The summed E-state index contributed by atoms with van der Waals surface area (Å²) in [5, 5.41) is 10.1. The molecule has 0 atom stereocenters. The highest BCUT2D eigenvalue weighted by molar-refractivity contribution is 14.1. The number of allylic oxidation sites excluding steroid dienone is 2. The lowest BCUT2D eigenvalue weighted by atomic mass is 10.2. The van der Waals surface area contributed by atoms with Crippen LogP contribution >= 0.6 is 22.6 Å². The fourth-order valence-electron chi connectivity index (χ4n) is 1.08. The second kappa shape index (κ2) is 5.74. The lowest BCUT2D eigenvalue weighted by Gasteiger charge is -2.07. The first kappa shape index (κ1) is 12.8. The van der Waals surface area contributed by atoms with Crippen LogP contribution in [0.4, 0.5) is 10.1 Å². The molecule has 0 aromatic heterocycles. The van der Waals surface area contributed by atoms with E-state index in [1.165, 1.54) is 18.2 Å². The fraction of sp³-hybridized carbons (Fsp3) is 0.0909. The Balaban J connectivity index is 2.95. The van der Waals surface area contributed by atoms with E-state index in [0.29, 0.717) is 15.5 Å². The molecule has 0 saturated carbocycles. The minimum absolute atomic E-state index is 0.270. The Labute approximate surface area is 106 Å². The Bertz CT molecular complexity index is 457. The highest BCUT2D eigenvalue weighted by Gasteiger charge is 2.03. The molecular formula is C11H10FIN2O. The summed E-state index contributed by atoms with van der Waals surface area (Å²) in [5.74, 6) is -0.324. The van der Waals surface area contributed by atoms with E-state index in [9.17, 15) is 9.18 Å². The molecule has 1 rings (SSSR count). The predicted molar refractivity (Wildman–Crippen MR) is 70.3 cm³/mol. The quantitative estimate of drug-likeness (QED) is 0.385. The molecule has 0 radical (unpaired) electrons. The zero-order valence-electron chi connectivity index (χ0n) is 8.55. The van der Waals surface area contributed by atoms with Gasteiger partial charge in [0.05, 0.1) is 11.4 Å². The summed E-state index contributed by atoms with van der Waals surface area (Å²) in [6.45, 7) is 1.57. The van der Waals surface area contributed by atoms with E-state index < -0.39 is 0 Å². The van der Waals surface area contributed by atoms with E-state index in [2.05, 4.69) is 5.32 Å². The van der Waals surface area contributed by atoms with Gasteiger partial charge in [0.15, 0.2) is 6.29 Å². The average molecular weight is 332 g/mol. The maximum atomic E-state index is 12.8. The zero-order valence-corrected chi connectivity index (χ0v) is 10.7. The molecule has 84 valence electrons. The molecule has 0 bridgehead atoms. The normalized spacial score (nSPS) is 11.1. The van der Waals surface area contributed by atoms with Crippen molar-refractivity contribution < 1.29 is 9.18 Å². The van der Waals surface area contributed by atoms with E-state index in [1.54, 1.807) is 13.0 Å². The van der Waals surface area contributed by atoms with Gasteiger partial charge in [-0.15, -0.1) is 0 Å². The molecule has 0 spiro atoms. The standard InChI is InChI=1S/C11H10FIN2O/c1-7(14)4-9(6-16)15-11-3-2-8(12)5-10(11)13/h2-6,14-15H,1H3/b9-4-,14-7?. The molecule has 0 fully saturated rings. The van der Waals surface area contributed by atoms with Gasteiger partial charge in [-0.1, -0.05) is 0 Å². The van der Waals surface area contributed by atoms with Gasteiger partial charge in [0.1, 0.15) is 5.82 Å². The zero-order chi connectivity index (χ0) is 12.1. The Morgan fingerprint density at radius 3 is 2.75 bits per heavy atom. The van der Waals surface area contributed by atoms with Gasteiger partial charge in [-0.3, -0.25) is 4.79 Å². The van der Waals surface area contributed by atoms with E-state index in [0.717, 1.165) is 0 Å². The van der Waals surface area contributed by atoms with Crippen molar-refractivity contribution in [3.8, 4) is 0 Å². The Kier molecular flexibility index (Phi) is 4.60. The van der Waals surface area contributed by atoms with Gasteiger partial charge >= 0.3 is 0 Å². The minimum Gasteiger partial charge on any atom is -0.352 e. The van der Waals surface area contributed by atoms with Crippen LogP contribution in [0.3, 0.4) is 0 Å². The molecule has 0 heterocycles. The van der Waals surface area contributed by atoms with Crippen LogP contribution in [-0.2, 0) is 4.79 Å². The van der Waals surface area contributed by atoms with Crippen molar-refractivity contribution in [3.63, 3.8) is 0 Å². The Hall–Kier alpha value is -1.24. The molecule has 0 unspecified atom stereocenters. The van der Waals surface area contributed by atoms with E-state index in [1.807, 2.05) is 22.6 Å².